The van der Waals surface area contributed by atoms with E-state index in [2.05, 4.69) is 15.6 Å². The molecular formula is C26H29N5O4. The number of H-pyrrole nitrogens is 1. The first-order valence-electron chi connectivity index (χ1n) is 11.5. The molecule has 4 rings (SSSR count). The lowest BCUT2D eigenvalue weighted by atomic mass is 10.00. The Morgan fingerprint density at radius 2 is 1.69 bits per heavy atom. The largest absolute Gasteiger partial charge is 0.480 e. The number of nitrogens with two attached hydrogens (primary N) is 2. The van der Waals surface area contributed by atoms with Gasteiger partial charge >= 0.3 is 5.97 Å². The molecule has 0 saturated heterocycles. The van der Waals surface area contributed by atoms with Crippen LogP contribution in [-0.4, -0.2) is 52.5 Å². The molecule has 3 aromatic rings. The molecule has 0 fully saturated rings. The predicted molar refractivity (Wildman–Crippen MR) is 133 cm³/mol. The summed E-state index contributed by atoms with van der Waals surface area (Å²) in [5.41, 5.74) is 17.2. The van der Waals surface area contributed by atoms with Gasteiger partial charge in [0.05, 0.1) is 12.1 Å². The van der Waals surface area contributed by atoms with E-state index in [1.165, 1.54) is 5.56 Å². The summed E-state index contributed by atoms with van der Waals surface area (Å²) in [5, 5.41) is 15.5. The minimum atomic E-state index is -1.33. The van der Waals surface area contributed by atoms with Crippen LogP contribution in [0, 0.1) is 0 Å². The summed E-state index contributed by atoms with van der Waals surface area (Å²) in [6, 6.07) is 12.4. The second kappa shape index (κ2) is 10.5. The van der Waals surface area contributed by atoms with Crippen molar-refractivity contribution in [2.24, 2.45) is 11.5 Å². The highest BCUT2D eigenvalue weighted by Crippen LogP contribution is 2.30. The van der Waals surface area contributed by atoms with Gasteiger partial charge in [-0.25, -0.2) is 4.79 Å². The van der Waals surface area contributed by atoms with Crippen molar-refractivity contribution in [2.75, 3.05) is 6.54 Å². The van der Waals surface area contributed by atoms with E-state index in [9.17, 15) is 19.5 Å². The Morgan fingerprint density at radius 1 is 0.971 bits per heavy atom. The Bertz CT molecular complexity index is 1280. The maximum absolute atomic E-state index is 12.6. The van der Waals surface area contributed by atoms with Crippen molar-refractivity contribution in [1.82, 2.24) is 15.6 Å². The van der Waals surface area contributed by atoms with Crippen LogP contribution < -0.4 is 22.1 Å². The van der Waals surface area contributed by atoms with E-state index >= 15 is 0 Å². The molecule has 1 aliphatic carbocycles. The normalized spacial score (nSPS) is 15.1. The summed E-state index contributed by atoms with van der Waals surface area (Å²) in [6.45, 7) is -0.303. The van der Waals surface area contributed by atoms with E-state index in [0.29, 0.717) is 6.42 Å². The smallest absolute Gasteiger partial charge is 0.328 e. The zero-order chi connectivity index (χ0) is 24.9. The third-order valence-corrected chi connectivity index (χ3v) is 6.25. The Morgan fingerprint density at radius 3 is 2.49 bits per heavy atom. The van der Waals surface area contributed by atoms with Gasteiger partial charge in [-0.2, -0.15) is 0 Å². The van der Waals surface area contributed by atoms with Crippen LogP contribution >= 0.6 is 0 Å². The number of carboxylic acids is 1. The fourth-order valence-corrected chi connectivity index (χ4v) is 4.32. The number of aliphatic carboxylic acids is 1. The number of hydrogen-bond acceptors (Lipinski definition) is 5. The highest BCUT2D eigenvalue weighted by Gasteiger charge is 2.26. The molecule has 8 N–H and O–H groups in total. The molecule has 182 valence electrons. The third kappa shape index (κ3) is 5.59. The van der Waals surface area contributed by atoms with Crippen LogP contribution in [0.25, 0.3) is 16.5 Å². The molecule has 0 bridgehead atoms. The first-order chi connectivity index (χ1) is 16.8. The van der Waals surface area contributed by atoms with Crippen molar-refractivity contribution < 1.29 is 19.5 Å². The second-order valence-electron chi connectivity index (χ2n) is 8.72. The van der Waals surface area contributed by atoms with Crippen molar-refractivity contribution in [3.63, 3.8) is 0 Å². The van der Waals surface area contributed by atoms with Crippen molar-refractivity contribution in [3.8, 4) is 0 Å². The lowest BCUT2D eigenvalue weighted by molar-refractivity contribution is -0.142. The van der Waals surface area contributed by atoms with Gasteiger partial charge < -0.3 is 32.2 Å². The van der Waals surface area contributed by atoms with Crippen LogP contribution in [0.5, 0.6) is 0 Å². The number of carbonyl (C=O) groups is 3. The number of hydrogen-bond donors (Lipinski definition) is 6. The van der Waals surface area contributed by atoms with Gasteiger partial charge in [-0.3, -0.25) is 9.59 Å². The topological polar surface area (TPSA) is 163 Å². The number of carbonyl (C=O) groups excluding carboxylic acids is 2. The Balaban J connectivity index is 1.29. The number of fused-ring (bicyclic) bond motifs is 2. The standard InChI is InChI=1S/C26H29N5O4/c27-20(11-16-10-9-15-5-1-2-6-18(15)16)24(32)30-14-23(26(34)35)31-25(33)21(28)12-17-13-29-22-8-4-3-7-19(17)22/h1-8,10,13,20-21,23,29H,9,11-12,14,27-28H2,(H,30,32)(H,31,33)(H,34,35)/t20-,21-,23-/m0/s1. The lowest BCUT2D eigenvalue weighted by Gasteiger charge is -2.20. The Labute approximate surface area is 202 Å². The minimum absolute atomic E-state index is 0.232. The van der Waals surface area contributed by atoms with Crippen LogP contribution in [0.4, 0.5) is 0 Å². The summed E-state index contributed by atoms with van der Waals surface area (Å²) in [4.78, 5) is 39.9. The van der Waals surface area contributed by atoms with Crippen LogP contribution in [0.3, 0.4) is 0 Å². The van der Waals surface area contributed by atoms with Gasteiger partial charge in [0.15, 0.2) is 0 Å². The maximum Gasteiger partial charge on any atom is 0.328 e. The summed E-state index contributed by atoms with van der Waals surface area (Å²) in [7, 11) is 0. The molecule has 2 aromatic carbocycles. The van der Waals surface area contributed by atoms with Gasteiger partial charge in [0, 0.05) is 23.6 Å². The van der Waals surface area contributed by atoms with Gasteiger partial charge in [0.25, 0.3) is 0 Å². The summed E-state index contributed by atoms with van der Waals surface area (Å²) < 4.78 is 0. The number of rotatable bonds is 10. The summed E-state index contributed by atoms with van der Waals surface area (Å²) in [5.74, 6) is -2.38. The van der Waals surface area contributed by atoms with Crippen LogP contribution in [0.15, 0.2) is 60.8 Å². The van der Waals surface area contributed by atoms with E-state index in [1.54, 1.807) is 6.20 Å². The zero-order valence-electron chi connectivity index (χ0n) is 19.2. The highest BCUT2D eigenvalue weighted by molar-refractivity contribution is 5.90. The van der Waals surface area contributed by atoms with Crippen molar-refractivity contribution in [3.05, 3.63) is 77.5 Å². The summed E-state index contributed by atoms with van der Waals surface area (Å²) >= 11 is 0. The molecule has 1 heterocycles. The first kappa shape index (κ1) is 24.2. The van der Waals surface area contributed by atoms with Crippen LogP contribution in [0.2, 0.25) is 0 Å². The SMILES string of the molecule is N[C@@H](CC1=CCc2ccccc21)C(=O)NC[C@H](NC(=O)[C@@H](N)Cc1c[nH]c2ccccc12)C(=O)O. The number of para-hydroxylation sites is 1. The molecule has 1 aliphatic rings. The number of nitrogens with one attached hydrogen (secondary N) is 3. The molecule has 1 aromatic heterocycles. The van der Waals surface area contributed by atoms with Crippen molar-refractivity contribution in [1.29, 1.82) is 0 Å². The van der Waals surface area contributed by atoms with E-state index < -0.39 is 35.9 Å². The van der Waals surface area contributed by atoms with E-state index in [-0.39, 0.29) is 13.0 Å². The zero-order valence-corrected chi connectivity index (χ0v) is 19.2. The number of carboxylic acid groups (broad SMARTS) is 1. The predicted octanol–water partition coefficient (Wildman–Crippen LogP) is 1.08. The molecule has 0 spiro atoms. The molecule has 0 aliphatic heterocycles. The average Bonchev–Trinajstić information content (AvgIpc) is 3.45. The average molecular weight is 476 g/mol. The maximum atomic E-state index is 12.6. The van der Waals surface area contributed by atoms with Crippen molar-refractivity contribution >= 4 is 34.3 Å². The van der Waals surface area contributed by atoms with Gasteiger partial charge in [-0.1, -0.05) is 48.5 Å². The van der Waals surface area contributed by atoms with Gasteiger partial charge in [-0.15, -0.1) is 0 Å². The number of amides is 2. The molecule has 3 atom stereocenters. The third-order valence-electron chi connectivity index (χ3n) is 6.25. The molecule has 2 amide bonds. The van der Waals surface area contributed by atoms with E-state index in [0.717, 1.165) is 34.0 Å². The number of aromatic nitrogens is 1. The van der Waals surface area contributed by atoms with Crippen LogP contribution in [0.1, 0.15) is 23.1 Å². The number of benzene rings is 2. The molecule has 9 nitrogen and oxygen atoms in total. The molecule has 0 saturated carbocycles. The van der Waals surface area contributed by atoms with Crippen molar-refractivity contribution in [2.45, 2.75) is 37.4 Å². The first-order valence-corrected chi connectivity index (χ1v) is 11.5. The molecule has 0 radical (unpaired) electrons. The molecule has 35 heavy (non-hydrogen) atoms. The second-order valence-corrected chi connectivity index (χ2v) is 8.72. The Hall–Kier alpha value is -3.95. The lowest BCUT2D eigenvalue weighted by Crippen LogP contribution is -2.54. The fourth-order valence-electron chi connectivity index (χ4n) is 4.32. The van der Waals surface area contributed by atoms with Crippen LogP contribution in [-0.2, 0) is 27.2 Å². The minimum Gasteiger partial charge on any atom is -0.480 e. The quantitative estimate of drug-likeness (QED) is 0.257. The molecular weight excluding hydrogens is 446 g/mol. The number of aromatic amines is 1. The fraction of sp³-hybridized carbons (Fsp3) is 0.269. The van der Waals surface area contributed by atoms with Gasteiger partial charge in [0.2, 0.25) is 11.8 Å². The van der Waals surface area contributed by atoms with Gasteiger partial charge in [-0.05, 0) is 47.6 Å². The highest BCUT2D eigenvalue weighted by atomic mass is 16.4. The Kier molecular flexibility index (Phi) is 7.28. The van der Waals surface area contributed by atoms with Gasteiger partial charge in [0.1, 0.15) is 6.04 Å². The summed E-state index contributed by atoms with van der Waals surface area (Å²) in [6.07, 6.45) is 5.20. The molecule has 0 unspecified atom stereocenters. The molecule has 9 heteroatoms. The monoisotopic (exact) mass is 475 g/mol. The number of allylic oxidation sites excluding steroid dienone is 1. The van der Waals surface area contributed by atoms with E-state index in [4.69, 9.17) is 11.5 Å². The van der Waals surface area contributed by atoms with E-state index in [1.807, 2.05) is 54.6 Å².